The topological polar surface area (TPSA) is 29.9 Å². The quantitative estimate of drug-likeness (QED) is 0.878. The van der Waals surface area contributed by atoms with Gasteiger partial charge in [-0.25, -0.2) is 9.37 Å². The van der Waals surface area contributed by atoms with Gasteiger partial charge in [-0.15, -0.1) is 0 Å². The van der Waals surface area contributed by atoms with E-state index >= 15 is 0 Å². The molecule has 1 aromatic carbocycles. The van der Waals surface area contributed by atoms with Crippen molar-refractivity contribution in [2.45, 2.75) is 33.9 Å². The minimum absolute atomic E-state index is 0.141. The van der Waals surface area contributed by atoms with Crippen molar-refractivity contribution in [3.8, 4) is 0 Å². The first-order valence-corrected chi connectivity index (χ1v) is 6.99. The number of aryl methyl sites for hydroxylation is 2. The van der Waals surface area contributed by atoms with Crippen molar-refractivity contribution in [3.05, 3.63) is 53.4 Å². The van der Waals surface area contributed by atoms with Crippen LogP contribution in [0.25, 0.3) is 0 Å². The van der Waals surface area contributed by atoms with Gasteiger partial charge in [0, 0.05) is 25.5 Å². The molecule has 0 radical (unpaired) electrons. The Labute approximate surface area is 119 Å². The summed E-state index contributed by atoms with van der Waals surface area (Å²) < 4.78 is 15.3. The van der Waals surface area contributed by atoms with Crippen LogP contribution in [0.2, 0.25) is 0 Å². The first-order chi connectivity index (χ1) is 9.56. The Morgan fingerprint density at radius 3 is 2.80 bits per heavy atom. The van der Waals surface area contributed by atoms with Gasteiger partial charge in [-0.05, 0) is 43.5 Å². The standard InChI is InChI=1S/C16H22FN3/c1-12(11-20-7-6-19-14(20)3)9-18-10-15-4-5-16(17)13(2)8-15/h4-8,12,18H,9-11H2,1-3H3. The summed E-state index contributed by atoms with van der Waals surface area (Å²) in [5, 5.41) is 3.42. The van der Waals surface area contributed by atoms with Crippen LogP contribution in [0, 0.1) is 25.6 Å². The third-order valence-electron chi connectivity index (χ3n) is 3.48. The number of rotatable bonds is 6. The zero-order chi connectivity index (χ0) is 14.5. The second kappa shape index (κ2) is 6.66. The van der Waals surface area contributed by atoms with Crippen molar-refractivity contribution < 1.29 is 4.39 Å². The lowest BCUT2D eigenvalue weighted by Gasteiger charge is -2.14. The molecule has 0 aliphatic rings. The maximum atomic E-state index is 13.2. The minimum atomic E-state index is -0.141. The summed E-state index contributed by atoms with van der Waals surface area (Å²) in [6, 6.07) is 5.26. The smallest absolute Gasteiger partial charge is 0.126 e. The van der Waals surface area contributed by atoms with E-state index in [1.54, 1.807) is 6.92 Å². The van der Waals surface area contributed by atoms with Crippen LogP contribution >= 0.6 is 0 Å². The van der Waals surface area contributed by atoms with Crippen LogP contribution in [0.1, 0.15) is 23.9 Å². The molecule has 0 saturated carbocycles. The molecular formula is C16H22FN3. The van der Waals surface area contributed by atoms with E-state index in [9.17, 15) is 4.39 Å². The van der Waals surface area contributed by atoms with E-state index < -0.39 is 0 Å². The molecule has 0 aliphatic carbocycles. The largest absolute Gasteiger partial charge is 0.335 e. The monoisotopic (exact) mass is 275 g/mol. The highest BCUT2D eigenvalue weighted by Gasteiger charge is 2.05. The highest BCUT2D eigenvalue weighted by molar-refractivity contribution is 5.23. The molecule has 0 aliphatic heterocycles. The number of nitrogens with zero attached hydrogens (tertiary/aromatic N) is 2. The normalized spacial score (nSPS) is 12.6. The van der Waals surface area contributed by atoms with Crippen molar-refractivity contribution in [3.63, 3.8) is 0 Å². The lowest BCUT2D eigenvalue weighted by molar-refractivity contribution is 0.440. The SMILES string of the molecule is Cc1cc(CNCC(C)Cn2ccnc2C)ccc1F. The molecule has 1 unspecified atom stereocenters. The van der Waals surface area contributed by atoms with E-state index in [1.807, 2.05) is 31.5 Å². The molecule has 4 heteroatoms. The van der Waals surface area contributed by atoms with Gasteiger partial charge in [0.15, 0.2) is 0 Å². The highest BCUT2D eigenvalue weighted by atomic mass is 19.1. The number of imidazole rings is 1. The summed E-state index contributed by atoms with van der Waals surface area (Å²) in [5.74, 6) is 1.42. The molecule has 0 spiro atoms. The average Bonchev–Trinajstić information content (AvgIpc) is 2.79. The Balaban J connectivity index is 1.77. The Morgan fingerprint density at radius 1 is 1.35 bits per heavy atom. The first kappa shape index (κ1) is 14.7. The van der Waals surface area contributed by atoms with E-state index in [-0.39, 0.29) is 5.82 Å². The number of nitrogens with one attached hydrogen (secondary N) is 1. The number of benzene rings is 1. The zero-order valence-corrected chi connectivity index (χ0v) is 12.4. The van der Waals surface area contributed by atoms with Crippen molar-refractivity contribution >= 4 is 0 Å². The van der Waals surface area contributed by atoms with Crippen molar-refractivity contribution in [1.29, 1.82) is 0 Å². The predicted molar refractivity (Wildman–Crippen MR) is 79.0 cm³/mol. The van der Waals surface area contributed by atoms with Crippen molar-refractivity contribution in [1.82, 2.24) is 14.9 Å². The molecule has 1 heterocycles. The number of hydrogen-bond donors (Lipinski definition) is 1. The number of halogens is 1. The van der Waals surface area contributed by atoms with Crippen LogP contribution < -0.4 is 5.32 Å². The van der Waals surface area contributed by atoms with E-state index in [0.29, 0.717) is 11.5 Å². The fraction of sp³-hybridized carbons (Fsp3) is 0.438. The van der Waals surface area contributed by atoms with E-state index in [4.69, 9.17) is 0 Å². The Morgan fingerprint density at radius 2 is 2.15 bits per heavy atom. The Bertz CT molecular complexity index is 563. The van der Waals surface area contributed by atoms with Crippen LogP contribution in [-0.2, 0) is 13.1 Å². The third kappa shape index (κ3) is 3.90. The Hall–Kier alpha value is -1.68. The summed E-state index contributed by atoms with van der Waals surface area (Å²) >= 11 is 0. The van der Waals surface area contributed by atoms with Crippen LogP contribution in [0.15, 0.2) is 30.6 Å². The van der Waals surface area contributed by atoms with Gasteiger partial charge in [0.05, 0.1) is 0 Å². The summed E-state index contributed by atoms with van der Waals surface area (Å²) in [6.45, 7) is 8.68. The van der Waals surface area contributed by atoms with Gasteiger partial charge in [0.2, 0.25) is 0 Å². The van der Waals surface area contributed by atoms with E-state index in [0.717, 1.165) is 31.0 Å². The van der Waals surface area contributed by atoms with Gasteiger partial charge in [-0.1, -0.05) is 19.1 Å². The molecule has 0 bridgehead atoms. The second-order valence-electron chi connectivity index (χ2n) is 5.45. The lowest BCUT2D eigenvalue weighted by Crippen LogP contribution is -2.24. The van der Waals surface area contributed by atoms with Gasteiger partial charge >= 0.3 is 0 Å². The van der Waals surface area contributed by atoms with Gasteiger partial charge < -0.3 is 9.88 Å². The summed E-state index contributed by atoms with van der Waals surface area (Å²) in [5.41, 5.74) is 1.82. The molecule has 0 fully saturated rings. The molecule has 2 rings (SSSR count). The molecule has 1 N–H and O–H groups in total. The number of aromatic nitrogens is 2. The number of hydrogen-bond acceptors (Lipinski definition) is 2. The summed E-state index contributed by atoms with van der Waals surface area (Å²) in [7, 11) is 0. The third-order valence-corrected chi connectivity index (χ3v) is 3.48. The molecule has 108 valence electrons. The van der Waals surface area contributed by atoms with Gasteiger partial charge in [-0.2, -0.15) is 0 Å². The maximum absolute atomic E-state index is 13.2. The van der Waals surface area contributed by atoms with Crippen molar-refractivity contribution in [2.24, 2.45) is 5.92 Å². The summed E-state index contributed by atoms with van der Waals surface area (Å²) in [4.78, 5) is 4.22. The Kier molecular flexibility index (Phi) is 4.90. The molecule has 3 nitrogen and oxygen atoms in total. The molecule has 1 aromatic heterocycles. The van der Waals surface area contributed by atoms with Crippen molar-refractivity contribution in [2.75, 3.05) is 6.54 Å². The zero-order valence-electron chi connectivity index (χ0n) is 12.4. The molecular weight excluding hydrogens is 253 g/mol. The molecule has 0 saturated heterocycles. The van der Waals surface area contributed by atoms with Gasteiger partial charge in [0.25, 0.3) is 0 Å². The van der Waals surface area contributed by atoms with Crippen LogP contribution in [0.5, 0.6) is 0 Å². The van der Waals surface area contributed by atoms with E-state index in [1.165, 1.54) is 6.07 Å². The fourth-order valence-electron chi connectivity index (χ4n) is 2.28. The van der Waals surface area contributed by atoms with Crippen LogP contribution in [0.3, 0.4) is 0 Å². The van der Waals surface area contributed by atoms with Crippen LogP contribution in [-0.4, -0.2) is 16.1 Å². The summed E-state index contributed by atoms with van der Waals surface area (Å²) in [6.07, 6.45) is 3.84. The average molecular weight is 275 g/mol. The second-order valence-corrected chi connectivity index (χ2v) is 5.45. The molecule has 0 amide bonds. The molecule has 1 atom stereocenters. The first-order valence-electron chi connectivity index (χ1n) is 6.99. The predicted octanol–water partition coefficient (Wildman–Crippen LogP) is 3.06. The minimum Gasteiger partial charge on any atom is -0.335 e. The van der Waals surface area contributed by atoms with E-state index in [2.05, 4.69) is 21.8 Å². The van der Waals surface area contributed by atoms with Crippen LogP contribution in [0.4, 0.5) is 4.39 Å². The highest BCUT2D eigenvalue weighted by Crippen LogP contribution is 2.09. The lowest BCUT2D eigenvalue weighted by atomic mass is 10.1. The fourth-order valence-corrected chi connectivity index (χ4v) is 2.28. The molecule has 20 heavy (non-hydrogen) atoms. The van der Waals surface area contributed by atoms with Gasteiger partial charge in [-0.3, -0.25) is 0 Å². The maximum Gasteiger partial charge on any atom is 0.126 e. The van der Waals surface area contributed by atoms with Gasteiger partial charge in [0.1, 0.15) is 11.6 Å². The molecule has 2 aromatic rings.